The highest BCUT2D eigenvalue weighted by Crippen LogP contribution is 2.24. The lowest BCUT2D eigenvalue weighted by atomic mass is 10.2. The molecule has 6 heteroatoms. The van der Waals surface area contributed by atoms with E-state index in [1.807, 2.05) is 13.0 Å². The summed E-state index contributed by atoms with van der Waals surface area (Å²) >= 11 is 3.27. The number of rotatable bonds is 5. The van der Waals surface area contributed by atoms with Crippen LogP contribution in [-0.2, 0) is 10.0 Å². The van der Waals surface area contributed by atoms with Crippen molar-refractivity contribution in [2.45, 2.75) is 13.3 Å². The van der Waals surface area contributed by atoms with Crippen LogP contribution in [0, 0.1) is 6.92 Å². The minimum Gasteiger partial charge on any atom is -0.396 e. The summed E-state index contributed by atoms with van der Waals surface area (Å²) in [6.45, 7) is 1.76. The first kappa shape index (κ1) is 13.5. The smallest absolute Gasteiger partial charge is 0.232 e. The van der Waals surface area contributed by atoms with Crippen LogP contribution in [0.1, 0.15) is 12.0 Å². The maximum atomic E-state index is 11.6. The second-order valence-corrected chi connectivity index (χ2v) is 6.18. The molecule has 1 rings (SSSR count). The predicted octanol–water partition coefficient (Wildman–Crippen LogP) is 1.88. The van der Waals surface area contributed by atoms with Gasteiger partial charge in [-0.05, 0) is 47.0 Å². The number of aliphatic hydroxyl groups excluding tert-OH is 1. The molecule has 1 aromatic rings. The standard InChI is InChI=1S/C10H14BrNO3S/c1-8-3-4-9(11)10(7-8)12-16(14,15)6-2-5-13/h3-4,7,12-13H,2,5-6H2,1H3. The monoisotopic (exact) mass is 307 g/mol. The van der Waals surface area contributed by atoms with Gasteiger partial charge in [-0.15, -0.1) is 0 Å². The van der Waals surface area contributed by atoms with Gasteiger partial charge in [0.2, 0.25) is 10.0 Å². The quantitative estimate of drug-likeness (QED) is 0.873. The van der Waals surface area contributed by atoms with E-state index in [4.69, 9.17) is 5.11 Å². The van der Waals surface area contributed by atoms with E-state index >= 15 is 0 Å². The third-order valence-corrected chi connectivity index (χ3v) is 4.01. The van der Waals surface area contributed by atoms with E-state index in [0.717, 1.165) is 5.56 Å². The Bertz CT molecular complexity index is 459. The zero-order valence-corrected chi connectivity index (χ0v) is 11.3. The Kier molecular flexibility index (Phi) is 4.76. The van der Waals surface area contributed by atoms with Crippen LogP contribution in [0.5, 0.6) is 0 Å². The van der Waals surface area contributed by atoms with Crippen molar-refractivity contribution >= 4 is 31.6 Å². The predicted molar refractivity (Wildman–Crippen MR) is 68.0 cm³/mol. The highest BCUT2D eigenvalue weighted by Gasteiger charge is 2.11. The molecule has 0 aromatic heterocycles. The first-order chi connectivity index (χ1) is 7.44. The Labute approximate surface area is 104 Å². The first-order valence-corrected chi connectivity index (χ1v) is 7.26. The van der Waals surface area contributed by atoms with Gasteiger partial charge >= 0.3 is 0 Å². The molecular formula is C10H14BrNO3S. The van der Waals surface area contributed by atoms with Crippen molar-refractivity contribution in [1.29, 1.82) is 0 Å². The average Bonchev–Trinajstić information content (AvgIpc) is 2.20. The molecule has 0 fully saturated rings. The van der Waals surface area contributed by atoms with Crippen LogP contribution in [0.4, 0.5) is 5.69 Å². The van der Waals surface area contributed by atoms with E-state index in [1.165, 1.54) is 0 Å². The molecule has 0 spiro atoms. The summed E-state index contributed by atoms with van der Waals surface area (Å²) in [4.78, 5) is 0. The van der Waals surface area contributed by atoms with E-state index in [0.29, 0.717) is 10.2 Å². The van der Waals surface area contributed by atoms with Gasteiger partial charge in [0.15, 0.2) is 0 Å². The molecule has 0 bridgehead atoms. The molecule has 0 radical (unpaired) electrons. The molecule has 0 aliphatic carbocycles. The van der Waals surface area contributed by atoms with Gasteiger partial charge in [0.25, 0.3) is 0 Å². The molecular weight excluding hydrogens is 294 g/mol. The van der Waals surface area contributed by atoms with Crippen molar-refractivity contribution in [3.63, 3.8) is 0 Å². The van der Waals surface area contributed by atoms with Crippen molar-refractivity contribution in [1.82, 2.24) is 0 Å². The van der Waals surface area contributed by atoms with E-state index in [1.54, 1.807) is 12.1 Å². The molecule has 0 heterocycles. The minimum atomic E-state index is -3.38. The summed E-state index contributed by atoms with van der Waals surface area (Å²) in [6.07, 6.45) is 0.235. The van der Waals surface area contributed by atoms with Crippen molar-refractivity contribution in [2.24, 2.45) is 0 Å². The highest BCUT2D eigenvalue weighted by atomic mass is 79.9. The molecule has 2 N–H and O–H groups in total. The Hall–Kier alpha value is -0.590. The van der Waals surface area contributed by atoms with E-state index < -0.39 is 10.0 Å². The van der Waals surface area contributed by atoms with E-state index in [-0.39, 0.29) is 18.8 Å². The molecule has 0 aliphatic rings. The number of nitrogens with one attached hydrogen (secondary N) is 1. The molecule has 0 atom stereocenters. The fraction of sp³-hybridized carbons (Fsp3) is 0.400. The zero-order chi connectivity index (χ0) is 12.2. The Balaban J connectivity index is 2.83. The number of aryl methyl sites for hydroxylation is 1. The second kappa shape index (κ2) is 5.65. The summed E-state index contributed by atoms with van der Waals surface area (Å²) in [5, 5.41) is 8.59. The summed E-state index contributed by atoms with van der Waals surface area (Å²) in [5.74, 6) is -0.0795. The van der Waals surface area contributed by atoms with Crippen LogP contribution < -0.4 is 4.72 Å². The fourth-order valence-corrected chi connectivity index (χ4v) is 2.78. The number of hydrogen-bond donors (Lipinski definition) is 2. The summed E-state index contributed by atoms with van der Waals surface area (Å²) in [7, 11) is -3.38. The van der Waals surface area contributed by atoms with E-state index in [2.05, 4.69) is 20.7 Å². The second-order valence-electron chi connectivity index (χ2n) is 3.48. The lowest BCUT2D eigenvalue weighted by Gasteiger charge is -2.09. The van der Waals surface area contributed by atoms with Crippen molar-refractivity contribution < 1.29 is 13.5 Å². The Morgan fingerprint density at radius 1 is 1.44 bits per heavy atom. The highest BCUT2D eigenvalue weighted by molar-refractivity contribution is 9.10. The largest absolute Gasteiger partial charge is 0.396 e. The van der Waals surface area contributed by atoms with Gasteiger partial charge in [0.05, 0.1) is 11.4 Å². The van der Waals surface area contributed by atoms with Gasteiger partial charge in [0, 0.05) is 11.1 Å². The number of hydrogen-bond acceptors (Lipinski definition) is 3. The molecule has 16 heavy (non-hydrogen) atoms. The van der Waals surface area contributed by atoms with Gasteiger partial charge in [-0.2, -0.15) is 0 Å². The lowest BCUT2D eigenvalue weighted by molar-refractivity contribution is 0.295. The van der Waals surface area contributed by atoms with Crippen molar-refractivity contribution in [3.8, 4) is 0 Å². The molecule has 4 nitrogen and oxygen atoms in total. The number of aliphatic hydroxyl groups is 1. The fourth-order valence-electron chi connectivity index (χ4n) is 1.19. The molecule has 1 aromatic carbocycles. The molecule has 0 aliphatic heterocycles. The summed E-state index contributed by atoms with van der Waals surface area (Å²) in [6, 6.07) is 5.43. The molecule has 0 amide bonds. The third-order valence-electron chi connectivity index (χ3n) is 1.96. The van der Waals surface area contributed by atoms with Crippen molar-refractivity contribution in [3.05, 3.63) is 28.2 Å². The Morgan fingerprint density at radius 2 is 2.12 bits per heavy atom. The number of anilines is 1. The van der Waals surface area contributed by atoms with Gasteiger partial charge < -0.3 is 5.11 Å². The zero-order valence-electron chi connectivity index (χ0n) is 8.90. The third kappa shape index (κ3) is 4.11. The first-order valence-electron chi connectivity index (χ1n) is 4.82. The summed E-state index contributed by atoms with van der Waals surface area (Å²) < 4.78 is 26.3. The number of sulfonamides is 1. The maximum absolute atomic E-state index is 11.6. The summed E-state index contributed by atoms with van der Waals surface area (Å²) in [5.41, 5.74) is 1.50. The number of benzene rings is 1. The van der Waals surface area contributed by atoms with Crippen LogP contribution >= 0.6 is 15.9 Å². The van der Waals surface area contributed by atoms with Gasteiger partial charge in [-0.3, -0.25) is 4.72 Å². The minimum absolute atomic E-state index is 0.0795. The van der Waals surface area contributed by atoms with Gasteiger partial charge in [-0.1, -0.05) is 6.07 Å². The van der Waals surface area contributed by atoms with Gasteiger partial charge in [-0.25, -0.2) is 8.42 Å². The van der Waals surface area contributed by atoms with Crippen LogP contribution in [0.2, 0.25) is 0 Å². The van der Waals surface area contributed by atoms with Crippen molar-refractivity contribution in [2.75, 3.05) is 17.1 Å². The normalized spacial score (nSPS) is 11.4. The average molecular weight is 308 g/mol. The SMILES string of the molecule is Cc1ccc(Br)c(NS(=O)(=O)CCCO)c1. The van der Waals surface area contributed by atoms with Crippen LogP contribution in [0.25, 0.3) is 0 Å². The van der Waals surface area contributed by atoms with Crippen LogP contribution in [-0.4, -0.2) is 25.9 Å². The van der Waals surface area contributed by atoms with Crippen LogP contribution in [0.3, 0.4) is 0 Å². The molecule has 90 valence electrons. The molecule has 0 saturated heterocycles. The number of halogens is 1. The maximum Gasteiger partial charge on any atom is 0.232 e. The van der Waals surface area contributed by atoms with Gasteiger partial charge in [0.1, 0.15) is 0 Å². The lowest BCUT2D eigenvalue weighted by Crippen LogP contribution is -2.17. The molecule has 0 unspecified atom stereocenters. The van der Waals surface area contributed by atoms with Crippen LogP contribution in [0.15, 0.2) is 22.7 Å². The molecule has 0 saturated carbocycles. The topological polar surface area (TPSA) is 66.4 Å². The Morgan fingerprint density at radius 3 is 2.75 bits per heavy atom. The van der Waals surface area contributed by atoms with E-state index in [9.17, 15) is 8.42 Å².